The van der Waals surface area contributed by atoms with Crippen LogP contribution in [0.2, 0.25) is 5.02 Å². The highest BCUT2D eigenvalue weighted by molar-refractivity contribution is 7.98. The highest BCUT2D eigenvalue weighted by Crippen LogP contribution is 2.30. The highest BCUT2D eigenvalue weighted by atomic mass is 35.5. The van der Waals surface area contributed by atoms with E-state index in [1.165, 1.54) is 17.8 Å². The molecule has 0 fully saturated rings. The molecule has 3 aromatic rings. The summed E-state index contributed by atoms with van der Waals surface area (Å²) in [6.07, 6.45) is 0. The lowest BCUT2D eigenvalue weighted by atomic mass is 10.1. The number of carboxylic acid groups (broad SMARTS) is 1. The maximum Gasteiger partial charge on any atom is 0.322 e. The van der Waals surface area contributed by atoms with E-state index in [0.717, 1.165) is 5.56 Å². The van der Waals surface area contributed by atoms with Gasteiger partial charge in [0.1, 0.15) is 6.04 Å². The van der Waals surface area contributed by atoms with Crippen molar-refractivity contribution in [2.75, 3.05) is 5.75 Å². The molecule has 5 nitrogen and oxygen atoms in total. The van der Waals surface area contributed by atoms with Gasteiger partial charge in [0, 0.05) is 22.1 Å². The van der Waals surface area contributed by atoms with Gasteiger partial charge in [-0.2, -0.15) is 16.5 Å². The summed E-state index contributed by atoms with van der Waals surface area (Å²) in [7, 11) is -4.13. The molecular formula is C22H20ClNO4S2. The molecule has 0 radical (unpaired) electrons. The lowest BCUT2D eigenvalue weighted by Crippen LogP contribution is -2.42. The van der Waals surface area contributed by atoms with Gasteiger partial charge in [0.05, 0.1) is 4.90 Å². The second-order valence-corrected chi connectivity index (χ2v) is 9.67. The SMILES string of the molecule is O=C(O)[C@H](CSCc1ccccc1)NS(=O)(=O)c1cc(Cl)ccc1-c1ccccc1. The summed E-state index contributed by atoms with van der Waals surface area (Å²) >= 11 is 7.40. The number of thioether (sulfide) groups is 1. The molecule has 3 rings (SSSR count). The summed E-state index contributed by atoms with van der Waals surface area (Å²) in [5, 5.41) is 9.81. The molecule has 0 saturated heterocycles. The Bertz CT molecular complexity index is 1110. The first-order valence-corrected chi connectivity index (χ1v) is 12.1. The number of hydrogen-bond donors (Lipinski definition) is 2. The molecule has 2 N–H and O–H groups in total. The van der Waals surface area contributed by atoms with Crippen LogP contribution >= 0.6 is 23.4 Å². The Kier molecular flexibility index (Phi) is 7.55. The van der Waals surface area contributed by atoms with Crippen molar-refractivity contribution in [3.05, 3.63) is 89.4 Å². The average molecular weight is 462 g/mol. The van der Waals surface area contributed by atoms with E-state index in [1.54, 1.807) is 36.4 Å². The number of hydrogen-bond acceptors (Lipinski definition) is 4. The minimum absolute atomic E-state index is 0.0551. The molecule has 0 bridgehead atoms. The van der Waals surface area contributed by atoms with Crippen LogP contribution in [-0.4, -0.2) is 31.3 Å². The number of halogens is 1. The number of aliphatic carboxylic acids is 1. The Morgan fingerprint density at radius 3 is 2.27 bits per heavy atom. The first kappa shape index (κ1) is 22.4. The Hall–Kier alpha value is -2.32. The summed E-state index contributed by atoms with van der Waals surface area (Å²) in [4.78, 5) is 11.7. The van der Waals surface area contributed by atoms with Gasteiger partial charge in [-0.15, -0.1) is 0 Å². The van der Waals surface area contributed by atoms with E-state index in [4.69, 9.17) is 11.6 Å². The van der Waals surface area contributed by atoms with Crippen LogP contribution in [0.25, 0.3) is 11.1 Å². The number of carbonyl (C=O) groups is 1. The number of rotatable bonds is 9. The minimum Gasteiger partial charge on any atom is -0.480 e. The zero-order chi connectivity index (χ0) is 21.6. The van der Waals surface area contributed by atoms with Crippen LogP contribution in [0.15, 0.2) is 83.8 Å². The molecule has 156 valence electrons. The topological polar surface area (TPSA) is 83.5 Å². The van der Waals surface area contributed by atoms with Crippen LogP contribution in [0, 0.1) is 0 Å². The molecule has 0 aliphatic carbocycles. The maximum atomic E-state index is 13.1. The zero-order valence-corrected chi connectivity index (χ0v) is 18.3. The van der Waals surface area contributed by atoms with Gasteiger partial charge in [-0.05, 0) is 23.3 Å². The molecule has 0 amide bonds. The zero-order valence-electron chi connectivity index (χ0n) is 15.9. The second kappa shape index (κ2) is 10.1. The molecular weight excluding hydrogens is 442 g/mol. The first-order valence-electron chi connectivity index (χ1n) is 9.08. The van der Waals surface area contributed by atoms with Crippen LogP contribution in [-0.2, 0) is 20.6 Å². The van der Waals surface area contributed by atoms with E-state index in [0.29, 0.717) is 16.9 Å². The Morgan fingerprint density at radius 1 is 1.00 bits per heavy atom. The van der Waals surface area contributed by atoms with Crippen molar-refractivity contribution in [3.63, 3.8) is 0 Å². The van der Waals surface area contributed by atoms with E-state index in [2.05, 4.69) is 4.72 Å². The van der Waals surface area contributed by atoms with Crippen molar-refractivity contribution in [2.45, 2.75) is 16.7 Å². The van der Waals surface area contributed by atoms with Gasteiger partial charge in [0.25, 0.3) is 0 Å². The molecule has 0 aromatic heterocycles. The molecule has 1 atom stereocenters. The summed E-state index contributed by atoms with van der Waals surface area (Å²) in [5.74, 6) is -0.564. The smallest absolute Gasteiger partial charge is 0.322 e. The van der Waals surface area contributed by atoms with E-state index >= 15 is 0 Å². The highest BCUT2D eigenvalue weighted by Gasteiger charge is 2.27. The third kappa shape index (κ3) is 5.86. The van der Waals surface area contributed by atoms with Gasteiger partial charge in [0.2, 0.25) is 10.0 Å². The predicted molar refractivity (Wildman–Crippen MR) is 121 cm³/mol. The van der Waals surface area contributed by atoms with Gasteiger partial charge < -0.3 is 5.11 Å². The fourth-order valence-electron chi connectivity index (χ4n) is 2.85. The molecule has 0 spiro atoms. The minimum atomic E-state index is -4.13. The van der Waals surface area contributed by atoms with E-state index in [1.807, 2.05) is 36.4 Å². The van der Waals surface area contributed by atoms with E-state index in [9.17, 15) is 18.3 Å². The number of nitrogens with one attached hydrogen (secondary N) is 1. The lowest BCUT2D eigenvalue weighted by molar-refractivity contribution is -0.138. The van der Waals surface area contributed by atoms with Gasteiger partial charge in [0.15, 0.2) is 0 Å². The molecule has 0 unspecified atom stereocenters. The van der Waals surface area contributed by atoms with Crippen LogP contribution in [0.3, 0.4) is 0 Å². The van der Waals surface area contributed by atoms with Crippen molar-refractivity contribution in [1.82, 2.24) is 4.72 Å². The van der Waals surface area contributed by atoms with Crippen molar-refractivity contribution < 1.29 is 18.3 Å². The van der Waals surface area contributed by atoms with Crippen LogP contribution in [0.4, 0.5) is 0 Å². The third-order valence-electron chi connectivity index (χ3n) is 4.31. The summed E-state index contributed by atoms with van der Waals surface area (Å²) in [5.41, 5.74) is 2.18. The fourth-order valence-corrected chi connectivity index (χ4v) is 5.64. The number of sulfonamides is 1. The first-order chi connectivity index (χ1) is 14.4. The van der Waals surface area contributed by atoms with Crippen LogP contribution < -0.4 is 4.72 Å². The molecule has 0 aliphatic rings. The monoisotopic (exact) mass is 461 g/mol. The van der Waals surface area contributed by atoms with Crippen molar-refractivity contribution in [2.24, 2.45) is 0 Å². The van der Waals surface area contributed by atoms with Gasteiger partial charge >= 0.3 is 5.97 Å². The molecule has 0 aliphatic heterocycles. The van der Waals surface area contributed by atoms with Crippen LogP contribution in [0.5, 0.6) is 0 Å². The van der Waals surface area contributed by atoms with E-state index in [-0.39, 0.29) is 15.7 Å². The predicted octanol–water partition coefficient (Wildman–Crippen LogP) is 4.67. The molecule has 8 heteroatoms. The summed E-state index contributed by atoms with van der Waals surface area (Å²) in [6.45, 7) is 0. The van der Waals surface area contributed by atoms with Crippen LogP contribution in [0.1, 0.15) is 5.56 Å². The lowest BCUT2D eigenvalue weighted by Gasteiger charge is -2.17. The van der Waals surface area contributed by atoms with Gasteiger partial charge in [-0.3, -0.25) is 4.79 Å². The fraction of sp³-hybridized carbons (Fsp3) is 0.136. The van der Waals surface area contributed by atoms with Crippen molar-refractivity contribution in [1.29, 1.82) is 0 Å². The standard InChI is InChI=1S/C22H20ClNO4S2/c23-18-11-12-19(17-9-5-2-6-10-17)21(13-18)30(27,28)24-20(22(25)26)15-29-14-16-7-3-1-4-8-16/h1-13,20,24H,14-15H2,(H,25,26)/t20-/m0/s1. The number of benzene rings is 3. The largest absolute Gasteiger partial charge is 0.480 e. The van der Waals surface area contributed by atoms with Crippen molar-refractivity contribution >= 4 is 39.4 Å². The quantitative estimate of drug-likeness (QED) is 0.483. The normalized spacial score (nSPS) is 12.4. The molecule has 0 heterocycles. The maximum absolute atomic E-state index is 13.1. The van der Waals surface area contributed by atoms with Gasteiger partial charge in [-0.25, -0.2) is 8.42 Å². The number of carboxylic acids is 1. The molecule has 3 aromatic carbocycles. The molecule has 0 saturated carbocycles. The molecule has 30 heavy (non-hydrogen) atoms. The third-order valence-corrected chi connectivity index (χ3v) is 7.16. The average Bonchev–Trinajstić information content (AvgIpc) is 2.74. The Labute approximate surface area is 185 Å². The summed E-state index contributed by atoms with van der Waals surface area (Å²) < 4.78 is 28.5. The van der Waals surface area contributed by atoms with E-state index < -0.39 is 22.0 Å². The Morgan fingerprint density at radius 2 is 1.63 bits per heavy atom. The second-order valence-electron chi connectivity index (χ2n) is 6.52. The summed E-state index contributed by atoms with van der Waals surface area (Å²) in [6, 6.07) is 21.9. The Balaban J connectivity index is 1.81. The van der Waals surface area contributed by atoms with Crippen molar-refractivity contribution in [3.8, 4) is 11.1 Å². The van der Waals surface area contributed by atoms with Gasteiger partial charge in [-0.1, -0.05) is 78.3 Å².